The third kappa shape index (κ3) is 6.12. The van der Waals surface area contributed by atoms with Crippen LogP contribution in [0, 0.1) is 0 Å². The van der Waals surface area contributed by atoms with E-state index in [4.69, 9.17) is 5.73 Å². The number of benzene rings is 1. The van der Waals surface area contributed by atoms with Gasteiger partial charge in [0.1, 0.15) is 11.5 Å². The number of carbonyl (C=O) groups is 1. The fourth-order valence-corrected chi connectivity index (χ4v) is 3.98. The SMILES string of the molecule is CCCNC(=O)CN(CCC1=CCCCC1)c1c(N)n(Cc2ccccc2)c(=O)[nH]c1=O. The number of aromatic amines is 1. The molecule has 1 aliphatic carbocycles. The quantitative estimate of drug-likeness (QED) is 0.492. The molecule has 0 fully saturated rings. The number of nitrogens with zero attached hydrogens (tertiary/aromatic N) is 2. The first-order chi connectivity index (χ1) is 15.5. The molecule has 4 N–H and O–H groups in total. The predicted molar refractivity (Wildman–Crippen MR) is 128 cm³/mol. The highest BCUT2D eigenvalue weighted by Crippen LogP contribution is 2.23. The molecule has 0 bridgehead atoms. The van der Waals surface area contributed by atoms with E-state index in [9.17, 15) is 14.4 Å². The van der Waals surface area contributed by atoms with Crippen molar-refractivity contribution in [3.8, 4) is 0 Å². The van der Waals surface area contributed by atoms with E-state index in [1.165, 1.54) is 16.6 Å². The molecule has 0 aliphatic heterocycles. The number of hydrogen-bond acceptors (Lipinski definition) is 5. The van der Waals surface area contributed by atoms with Crippen molar-refractivity contribution < 1.29 is 4.79 Å². The van der Waals surface area contributed by atoms with Gasteiger partial charge in [0.2, 0.25) is 5.91 Å². The molecule has 1 aliphatic rings. The minimum Gasteiger partial charge on any atom is -0.383 e. The van der Waals surface area contributed by atoms with E-state index in [1.807, 2.05) is 37.3 Å². The Bertz CT molecular complexity index is 1060. The lowest BCUT2D eigenvalue weighted by Gasteiger charge is -2.26. The summed E-state index contributed by atoms with van der Waals surface area (Å²) < 4.78 is 1.35. The van der Waals surface area contributed by atoms with Crippen LogP contribution < -0.4 is 27.2 Å². The van der Waals surface area contributed by atoms with Gasteiger partial charge in [0.05, 0.1) is 13.1 Å². The van der Waals surface area contributed by atoms with E-state index in [2.05, 4.69) is 16.4 Å². The summed E-state index contributed by atoms with van der Waals surface area (Å²) >= 11 is 0. The number of amides is 1. The Balaban J connectivity index is 1.93. The van der Waals surface area contributed by atoms with Crippen LogP contribution in [-0.2, 0) is 11.3 Å². The lowest BCUT2D eigenvalue weighted by Crippen LogP contribution is -2.43. The molecule has 8 heteroatoms. The molecule has 0 atom stereocenters. The highest BCUT2D eigenvalue weighted by atomic mass is 16.2. The molecule has 0 unspecified atom stereocenters. The lowest BCUT2D eigenvalue weighted by atomic mass is 9.97. The van der Waals surface area contributed by atoms with Gasteiger partial charge in [-0.1, -0.05) is 48.9 Å². The monoisotopic (exact) mass is 439 g/mol. The van der Waals surface area contributed by atoms with E-state index >= 15 is 0 Å². The number of anilines is 2. The zero-order valence-electron chi connectivity index (χ0n) is 18.7. The zero-order chi connectivity index (χ0) is 22.9. The van der Waals surface area contributed by atoms with Gasteiger partial charge in [0, 0.05) is 13.1 Å². The van der Waals surface area contributed by atoms with Crippen molar-refractivity contribution in [2.24, 2.45) is 0 Å². The molecule has 3 rings (SSSR count). The number of aromatic nitrogens is 2. The number of hydrogen-bond donors (Lipinski definition) is 3. The summed E-state index contributed by atoms with van der Waals surface area (Å²) in [5.74, 6) is -0.104. The number of carbonyl (C=O) groups excluding carboxylic acids is 1. The molecule has 1 heterocycles. The van der Waals surface area contributed by atoms with E-state index < -0.39 is 11.2 Å². The van der Waals surface area contributed by atoms with E-state index in [1.54, 1.807) is 4.90 Å². The Labute approximate surface area is 188 Å². The maximum atomic E-state index is 12.8. The first kappa shape index (κ1) is 23.4. The van der Waals surface area contributed by atoms with Crippen molar-refractivity contribution in [3.63, 3.8) is 0 Å². The normalized spacial score (nSPS) is 13.5. The standard InChI is InChI=1S/C24H33N5O3/c1-2-14-26-20(30)17-28(15-13-18-9-5-3-6-10-18)21-22(25)29(24(32)27-23(21)31)16-19-11-7-4-8-12-19/h4,7-9,11-12H,2-3,5-6,10,13-17,25H2,1H3,(H,26,30)(H,27,31,32). The summed E-state index contributed by atoms with van der Waals surface area (Å²) in [5.41, 5.74) is 7.63. The van der Waals surface area contributed by atoms with Crippen LogP contribution >= 0.6 is 0 Å². The van der Waals surface area contributed by atoms with Gasteiger partial charge in [-0.15, -0.1) is 0 Å². The molecule has 0 radical (unpaired) electrons. The highest BCUT2D eigenvalue weighted by molar-refractivity contribution is 5.82. The Morgan fingerprint density at radius 3 is 2.69 bits per heavy atom. The maximum absolute atomic E-state index is 12.8. The smallest absolute Gasteiger partial charge is 0.330 e. The fourth-order valence-electron chi connectivity index (χ4n) is 3.98. The van der Waals surface area contributed by atoms with Crippen LogP contribution in [0.3, 0.4) is 0 Å². The summed E-state index contributed by atoms with van der Waals surface area (Å²) in [5, 5.41) is 2.86. The number of nitrogens with two attached hydrogens (primary N) is 1. The van der Waals surface area contributed by atoms with Gasteiger partial charge < -0.3 is 16.0 Å². The minimum atomic E-state index is -0.572. The van der Waals surface area contributed by atoms with Crippen LogP contribution in [0.4, 0.5) is 11.5 Å². The molecule has 1 aromatic heterocycles. The molecule has 0 spiro atoms. The largest absolute Gasteiger partial charge is 0.383 e. The summed E-state index contributed by atoms with van der Waals surface area (Å²) in [6.07, 6.45) is 8.28. The molecular weight excluding hydrogens is 406 g/mol. The Morgan fingerprint density at radius 2 is 2.00 bits per heavy atom. The van der Waals surface area contributed by atoms with Gasteiger partial charge in [0.15, 0.2) is 0 Å². The number of nitrogen functional groups attached to an aromatic ring is 1. The second-order valence-corrected chi connectivity index (χ2v) is 8.19. The Kier molecular flexibility index (Phi) is 8.30. The van der Waals surface area contributed by atoms with Crippen molar-refractivity contribution in [2.75, 3.05) is 30.3 Å². The third-order valence-electron chi connectivity index (χ3n) is 5.71. The van der Waals surface area contributed by atoms with Gasteiger partial charge in [-0.25, -0.2) is 4.79 Å². The predicted octanol–water partition coefficient (Wildman–Crippen LogP) is 2.39. The second-order valence-electron chi connectivity index (χ2n) is 8.19. The molecule has 2 aromatic rings. The van der Waals surface area contributed by atoms with Crippen molar-refractivity contribution >= 4 is 17.4 Å². The number of allylic oxidation sites excluding steroid dienone is 1. The maximum Gasteiger partial charge on any atom is 0.330 e. The Hall–Kier alpha value is -3.29. The van der Waals surface area contributed by atoms with Gasteiger partial charge in [-0.3, -0.25) is 19.1 Å². The van der Waals surface area contributed by atoms with Crippen LogP contribution in [0.25, 0.3) is 0 Å². The van der Waals surface area contributed by atoms with E-state index in [0.29, 0.717) is 13.1 Å². The lowest BCUT2D eigenvalue weighted by molar-refractivity contribution is -0.119. The van der Waals surface area contributed by atoms with Crippen LogP contribution in [0.1, 0.15) is 51.0 Å². The van der Waals surface area contributed by atoms with E-state index in [0.717, 1.165) is 37.7 Å². The van der Waals surface area contributed by atoms with Crippen LogP contribution in [0.2, 0.25) is 0 Å². The average molecular weight is 440 g/mol. The van der Waals surface area contributed by atoms with E-state index in [-0.39, 0.29) is 30.5 Å². The van der Waals surface area contributed by atoms with Crippen molar-refractivity contribution in [1.29, 1.82) is 0 Å². The third-order valence-corrected chi connectivity index (χ3v) is 5.71. The number of H-pyrrole nitrogens is 1. The zero-order valence-corrected chi connectivity index (χ0v) is 18.7. The molecular formula is C24H33N5O3. The van der Waals surface area contributed by atoms with Gasteiger partial charge in [0.25, 0.3) is 5.56 Å². The first-order valence-electron chi connectivity index (χ1n) is 11.4. The number of nitrogens with one attached hydrogen (secondary N) is 2. The highest BCUT2D eigenvalue weighted by Gasteiger charge is 2.21. The second kappa shape index (κ2) is 11.4. The van der Waals surface area contributed by atoms with Crippen LogP contribution in [-0.4, -0.2) is 35.1 Å². The van der Waals surface area contributed by atoms with Gasteiger partial charge in [-0.2, -0.15) is 0 Å². The van der Waals surface area contributed by atoms with Crippen molar-refractivity contribution in [2.45, 2.75) is 52.0 Å². The molecule has 172 valence electrons. The molecule has 32 heavy (non-hydrogen) atoms. The summed E-state index contributed by atoms with van der Waals surface area (Å²) in [6, 6.07) is 9.44. The molecule has 8 nitrogen and oxygen atoms in total. The van der Waals surface area contributed by atoms with Crippen molar-refractivity contribution in [1.82, 2.24) is 14.9 Å². The molecule has 0 saturated carbocycles. The molecule has 1 amide bonds. The summed E-state index contributed by atoms with van der Waals surface area (Å²) in [6.45, 7) is 3.26. The van der Waals surface area contributed by atoms with Crippen molar-refractivity contribution in [3.05, 3.63) is 68.4 Å². The first-order valence-corrected chi connectivity index (χ1v) is 11.4. The topological polar surface area (TPSA) is 113 Å². The van der Waals surface area contributed by atoms with Crippen LogP contribution in [0.5, 0.6) is 0 Å². The molecule has 1 aromatic carbocycles. The average Bonchev–Trinajstić information content (AvgIpc) is 2.80. The Morgan fingerprint density at radius 1 is 1.22 bits per heavy atom. The van der Waals surface area contributed by atoms with Crippen LogP contribution in [0.15, 0.2) is 51.6 Å². The fraction of sp³-hybridized carbons (Fsp3) is 0.458. The van der Waals surface area contributed by atoms with Gasteiger partial charge >= 0.3 is 5.69 Å². The summed E-state index contributed by atoms with van der Waals surface area (Å²) in [7, 11) is 0. The number of rotatable bonds is 10. The van der Waals surface area contributed by atoms with Gasteiger partial charge in [-0.05, 0) is 44.1 Å². The molecule has 0 saturated heterocycles. The minimum absolute atomic E-state index is 0.00407. The summed E-state index contributed by atoms with van der Waals surface area (Å²) in [4.78, 5) is 42.0.